The van der Waals surface area contributed by atoms with Gasteiger partial charge in [-0.15, -0.1) is 0 Å². The molecule has 0 unspecified atom stereocenters. The van der Waals surface area contributed by atoms with Gasteiger partial charge in [0.1, 0.15) is 6.10 Å². The zero-order valence-corrected chi connectivity index (χ0v) is 5.57. The van der Waals surface area contributed by atoms with Gasteiger partial charge in [-0.05, 0) is 19.1 Å². The third-order valence-electron chi connectivity index (χ3n) is 1.14. The molecule has 1 heterocycles. The zero-order valence-electron chi connectivity index (χ0n) is 5.57. The van der Waals surface area contributed by atoms with Crippen molar-refractivity contribution in [2.75, 3.05) is 0 Å². The first-order valence-electron chi connectivity index (χ1n) is 2.97. The summed E-state index contributed by atoms with van der Waals surface area (Å²) >= 11 is 0. The maximum Gasteiger partial charge on any atom is 0.226 e. The summed E-state index contributed by atoms with van der Waals surface area (Å²) in [6.45, 7) is 1.41. The van der Waals surface area contributed by atoms with Crippen LogP contribution in [0.2, 0.25) is 0 Å². The van der Waals surface area contributed by atoms with Crippen molar-refractivity contribution in [1.29, 1.82) is 0 Å². The Morgan fingerprint density at radius 2 is 2.50 bits per heavy atom. The van der Waals surface area contributed by atoms with Gasteiger partial charge < -0.3 is 9.52 Å². The zero-order chi connectivity index (χ0) is 7.56. The summed E-state index contributed by atoms with van der Waals surface area (Å²) in [6, 6.07) is 3.13. The van der Waals surface area contributed by atoms with Crippen molar-refractivity contribution >= 4 is 5.78 Å². The van der Waals surface area contributed by atoms with Crippen LogP contribution in [0.25, 0.3) is 0 Å². The Morgan fingerprint density at radius 1 is 1.80 bits per heavy atom. The van der Waals surface area contributed by atoms with E-state index in [4.69, 9.17) is 9.52 Å². The number of carbonyl (C=O) groups excluding carboxylic acids is 1. The van der Waals surface area contributed by atoms with Crippen LogP contribution in [-0.2, 0) is 0 Å². The lowest BCUT2D eigenvalue weighted by atomic mass is 10.2. The largest absolute Gasteiger partial charge is 0.461 e. The number of ketones is 1. The summed E-state index contributed by atoms with van der Waals surface area (Å²) in [5.41, 5.74) is 0. The van der Waals surface area contributed by atoms with Crippen LogP contribution in [0.5, 0.6) is 0 Å². The van der Waals surface area contributed by atoms with E-state index in [9.17, 15) is 4.79 Å². The van der Waals surface area contributed by atoms with Crippen molar-refractivity contribution in [2.24, 2.45) is 0 Å². The molecule has 0 aliphatic carbocycles. The standard InChI is InChI=1S/C7H8O3/c1-5(8)7(9)6-3-2-4-10-6/h2-5,8H,1H3/t5-/m0/s1. The van der Waals surface area contributed by atoms with E-state index in [1.807, 2.05) is 0 Å². The average Bonchev–Trinajstić information content (AvgIpc) is 2.36. The summed E-state index contributed by atoms with van der Waals surface area (Å²) in [4.78, 5) is 10.9. The van der Waals surface area contributed by atoms with Crippen LogP contribution >= 0.6 is 0 Å². The Balaban J connectivity index is 2.78. The van der Waals surface area contributed by atoms with Gasteiger partial charge in [0, 0.05) is 0 Å². The minimum atomic E-state index is -0.980. The molecule has 0 spiro atoms. The van der Waals surface area contributed by atoms with E-state index in [1.165, 1.54) is 19.3 Å². The van der Waals surface area contributed by atoms with Crippen LogP contribution in [0.1, 0.15) is 17.5 Å². The number of carbonyl (C=O) groups is 1. The number of hydrogen-bond donors (Lipinski definition) is 1. The van der Waals surface area contributed by atoms with Gasteiger partial charge in [0.15, 0.2) is 5.76 Å². The molecule has 1 N–H and O–H groups in total. The second kappa shape index (κ2) is 2.66. The van der Waals surface area contributed by atoms with Gasteiger partial charge in [0.05, 0.1) is 6.26 Å². The fourth-order valence-electron chi connectivity index (χ4n) is 0.625. The van der Waals surface area contributed by atoms with Gasteiger partial charge in [-0.1, -0.05) is 0 Å². The lowest BCUT2D eigenvalue weighted by Crippen LogP contribution is -2.14. The van der Waals surface area contributed by atoms with Crippen LogP contribution < -0.4 is 0 Å². The molecule has 0 amide bonds. The van der Waals surface area contributed by atoms with Crippen LogP contribution in [0.3, 0.4) is 0 Å². The Hall–Kier alpha value is -1.09. The van der Waals surface area contributed by atoms with Crippen molar-refractivity contribution in [1.82, 2.24) is 0 Å². The number of Topliss-reactive ketones (excluding diaryl/α,β-unsaturated/α-hetero) is 1. The lowest BCUT2D eigenvalue weighted by molar-refractivity contribution is 0.0750. The van der Waals surface area contributed by atoms with Crippen LogP contribution in [0.4, 0.5) is 0 Å². The third kappa shape index (κ3) is 1.25. The predicted octanol–water partition coefficient (Wildman–Crippen LogP) is 0.843. The number of furan rings is 1. The second-order valence-electron chi connectivity index (χ2n) is 2.02. The number of hydrogen-bond acceptors (Lipinski definition) is 3. The molecular weight excluding hydrogens is 132 g/mol. The smallest absolute Gasteiger partial charge is 0.226 e. The summed E-state index contributed by atoms with van der Waals surface area (Å²) in [6.07, 6.45) is 0.418. The van der Waals surface area contributed by atoms with Gasteiger partial charge in [-0.2, -0.15) is 0 Å². The fourth-order valence-corrected chi connectivity index (χ4v) is 0.625. The minimum absolute atomic E-state index is 0.204. The number of rotatable bonds is 2. The van der Waals surface area contributed by atoms with E-state index in [0.717, 1.165) is 0 Å². The monoisotopic (exact) mass is 140 g/mol. The molecule has 1 aromatic heterocycles. The Bertz CT molecular complexity index is 211. The molecule has 3 nitrogen and oxygen atoms in total. The van der Waals surface area contributed by atoms with E-state index < -0.39 is 6.10 Å². The molecule has 0 bridgehead atoms. The molecular formula is C7H8O3. The summed E-state index contributed by atoms with van der Waals surface area (Å²) < 4.78 is 4.75. The molecule has 0 saturated carbocycles. The minimum Gasteiger partial charge on any atom is -0.461 e. The number of aliphatic hydroxyl groups is 1. The maximum atomic E-state index is 10.9. The van der Waals surface area contributed by atoms with Crippen LogP contribution in [0, 0.1) is 0 Å². The molecule has 0 fully saturated rings. The van der Waals surface area contributed by atoms with Crippen LogP contribution in [-0.4, -0.2) is 17.0 Å². The molecule has 0 aromatic carbocycles. The van der Waals surface area contributed by atoms with Gasteiger partial charge in [0.2, 0.25) is 5.78 Å². The highest BCUT2D eigenvalue weighted by molar-refractivity contribution is 5.96. The van der Waals surface area contributed by atoms with E-state index >= 15 is 0 Å². The summed E-state index contributed by atoms with van der Waals surface area (Å²) in [5.74, 6) is -0.181. The van der Waals surface area contributed by atoms with Crippen molar-refractivity contribution in [3.8, 4) is 0 Å². The van der Waals surface area contributed by atoms with E-state index in [1.54, 1.807) is 6.07 Å². The van der Waals surface area contributed by atoms with E-state index in [0.29, 0.717) is 0 Å². The fraction of sp³-hybridized carbons (Fsp3) is 0.286. The second-order valence-corrected chi connectivity index (χ2v) is 2.02. The first-order chi connectivity index (χ1) is 4.72. The Kier molecular flexibility index (Phi) is 1.87. The van der Waals surface area contributed by atoms with Gasteiger partial charge in [0.25, 0.3) is 0 Å². The first kappa shape index (κ1) is 7.02. The Labute approximate surface area is 58.3 Å². The van der Waals surface area contributed by atoms with Crippen molar-refractivity contribution in [3.63, 3.8) is 0 Å². The summed E-state index contributed by atoms with van der Waals surface area (Å²) in [7, 11) is 0. The van der Waals surface area contributed by atoms with Crippen molar-refractivity contribution in [3.05, 3.63) is 24.2 Å². The van der Waals surface area contributed by atoms with Crippen LogP contribution in [0.15, 0.2) is 22.8 Å². The third-order valence-corrected chi connectivity index (χ3v) is 1.14. The van der Waals surface area contributed by atoms with Crippen molar-refractivity contribution < 1.29 is 14.3 Å². The molecule has 0 aliphatic rings. The predicted molar refractivity (Wildman–Crippen MR) is 34.7 cm³/mol. The number of aliphatic hydroxyl groups excluding tert-OH is 1. The van der Waals surface area contributed by atoms with Crippen molar-refractivity contribution in [2.45, 2.75) is 13.0 Å². The van der Waals surface area contributed by atoms with E-state index in [2.05, 4.69) is 0 Å². The molecule has 0 saturated heterocycles. The molecule has 0 radical (unpaired) electrons. The van der Waals surface area contributed by atoms with Gasteiger partial charge in [-0.25, -0.2) is 0 Å². The average molecular weight is 140 g/mol. The molecule has 1 atom stereocenters. The Morgan fingerprint density at radius 3 is 2.90 bits per heavy atom. The highest BCUT2D eigenvalue weighted by Crippen LogP contribution is 2.03. The highest BCUT2D eigenvalue weighted by Gasteiger charge is 2.13. The molecule has 54 valence electrons. The first-order valence-corrected chi connectivity index (χ1v) is 2.97. The SMILES string of the molecule is C[C@H](O)C(=O)c1ccco1. The molecule has 0 aliphatic heterocycles. The normalized spacial score (nSPS) is 13.0. The van der Waals surface area contributed by atoms with E-state index in [-0.39, 0.29) is 11.5 Å². The molecule has 1 aromatic rings. The quantitative estimate of drug-likeness (QED) is 0.619. The van der Waals surface area contributed by atoms with Gasteiger partial charge >= 0.3 is 0 Å². The lowest BCUT2D eigenvalue weighted by Gasteiger charge is -1.96. The maximum absolute atomic E-state index is 10.9. The molecule has 1 rings (SSSR count). The molecule has 10 heavy (non-hydrogen) atoms. The highest BCUT2D eigenvalue weighted by atomic mass is 16.3. The van der Waals surface area contributed by atoms with Gasteiger partial charge in [-0.3, -0.25) is 4.79 Å². The summed E-state index contributed by atoms with van der Waals surface area (Å²) in [5, 5.41) is 8.78. The topological polar surface area (TPSA) is 50.4 Å². The molecule has 3 heteroatoms.